The summed E-state index contributed by atoms with van der Waals surface area (Å²) in [5, 5.41) is 16.1. The second-order valence-electron chi connectivity index (χ2n) is 11.2. The molecule has 0 radical (unpaired) electrons. The third-order valence-corrected chi connectivity index (χ3v) is 8.13. The van der Waals surface area contributed by atoms with Gasteiger partial charge < -0.3 is 20.4 Å². The van der Waals surface area contributed by atoms with Crippen LogP contribution in [0.4, 0.5) is 5.69 Å². The number of ether oxygens (including phenoxy) is 1. The van der Waals surface area contributed by atoms with Crippen LogP contribution < -0.4 is 10.6 Å². The summed E-state index contributed by atoms with van der Waals surface area (Å²) in [5.74, 6) is 0.0471. The lowest BCUT2D eigenvalue weighted by Crippen LogP contribution is -2.42. The number of nitrogens with zero attached hydrogens (tertiary/aromatic N) is 2. The topological polar surface area (TPSA) is 120 Å². The Kier molecular flexibility index (Phi) is 10.4. The van der Waals surface area contributed by atoms with Gasteiger partial charge in [-0.2, -0.15) is 5.26 Å². The molecule has 0 saturated heterocycles. The molecule has 0 spiro atoms. The Morgan fingerprint density at radius 3 is 2.56 bits per heavy atom. The lowest BCUT2D eigenvalue weighted by atomic mass is 9.81. The number of nitrogens with one attached hydrogen (secondary N) is 3. The van der Waals surface area contributed by atoms with Crippen molar-refractivity contribution in [3.63, 3.8) is 0 Å². The highest BCUT2D eigenvalue weighted by atomic mass is 35.5. The quantitative estimate of drug-likeness (QED) is 0.162. The number of carbonyl (C=O) groups is 2. The molecule has 1 fully saturated rings. The zero-order valence-electron chi connectivity index (χ0n) is 24.0. The molecule has 4 aromatic rings. The number of amides is 2. The largest absolute Gasteiger partial charge is 0.374 e. The highest BCUT2D eigenvalue weighted by Gasteiger charge is 2.28. The van der Waals surface area contributed by atoms with Gasteiger partial charge in [0.25, 0.3) is 0 Å². The summed E-state index contributed by atoms with van der Waals surface area (Å²) < 4.78 is 5.70. The minimum atomic E-state index is -0.796. The minimum Gasteiger partial charge on any atom is -0.374 e. The molecule has 1 aliphatic rings. The average molecular weight is 598 g/mol. The molecule has 1 heterocycles. The van der Waals surface area contributed by atoms with Crippen LogP contribution in [0.25, 0.3) is 22.4 Å². The molecule has 5 rings (SSSR count). The van der Waals surface area contributed by atoms with Gasteiger partial charge in [-0.1, -0.05) is 74.0 Å². The standard InChI is InChI=1S/C34H36ClN5O3/c35-27-13-16-30-31(19-27)40-33(39-30)25-11-14-28(15-12-25)37-32(41)18-26(17-23-7-3-1-4-8-23)34(42)38-29(20-36)22-43-21-24-9-5-2-6-10-24/h2,5-6,9-16,19,23,26,29H,1,3-4,7-8,17-18,21-22H2,(H,37,41)(H,38,42)(H,39,40)/t26?,29-/m1/s1. The van der Waals surface area contributed by atoms with E-state index in [-0.39, 0.29) is 24.8 Å². The van der Waals surface area contributed by atoms with E-state index in [1.807, 2.05) is 66.7 Å². The van der Waals surface area contributed by atoms with Crippen LogP contribution in [0.5, 0.6) is 0 Å². The Labute approximate surface area is 256 Å². The van der Waals surface area contributed by atoms with E-state index in [4.69, 9.17) is 16.3 Å². The third-order valence-electron chi connectivity index (χ3n) is 7.90. The summed E-state index contributed by atoms with van der Waals surface area (Å²) >= 11 is 6.09. The number of carbonyl (C=O) groups excluding carboxylic acids is 2. The molecule has 3 aromatic carbocycles. The molecule has 1 saturated carbocycles. The number of rotatable bonds is 12. The Morgan fingerprint density at radius 1 is 1.05 bits per heavy atom. The summed E-state index contributed by atoms with van der Waals surface area (Å²) in [6, 6.07) is 23.9. The number of anilines is 1. The number of aromatic amines is 1. The van der Waals surface area contributed by atoms with Gasteiger partial charge in [0.15, 0.2) is 0 Å². The molecule has 1 unspecified atom stereocenters. The van der Waals surface area contributed by atoms with Gasteiger partial charge in [-0.05, 0) is 60.4 Å². The van der Waals surface area contributed by atoms with Crippen LogP contribution in [0.2, 0.25) is 5.02 Å². The normalized spacial score (nSPS) is 15.0. The van der Waals surface area contributed by atoms with Crippen molar-refractivity contribution in [2.75, 3.05) is 11.9 Å². The first-order valence-electron chi connectivity index (χ1n) is 14.8. The number of hydrogen-bond acceptors (Lipinski definition) is 5. The fourth-order valence-corrected chi connectivity index (χ4v) is 5.82. The predicted octanol–water partition coefficient (Wildman–Crippen LogP) is 7.02. The lowest BCUT2D eigenvalue weighted by molar-refractivity contribution is -0.130. The van der Waals surface area contributed by atoms with Gasteiger partial charge in [-0.25, -0.2) is 4.98 Å². The summed E-state index contributed by atoms with van der Waals surface area (Å²) in [7, 11) is 0. The molecule has 9 heteroatoms. The first-order chi connectivity index (χ1) is 21.0. The molecule has 3 N–H and O–H groups in total. The number of hydrogen-bond donors (Lipinski definition) is 3. The van der Waals surface area contributed by atoms with Gasteiger partial charge in [-0.3, -0.25) is 9.59 Å². The summed E-state index contributed by atoms with van der Waals surface area (Å²) in [6.07, 6.45) is 6.27. The molecular weight excluding hydrogens is 562 g/mol. The van der Waals surface area contributed by atoms with Crippen molar-refractivity contribution in [1.82, 2.24) is 15.3 Å². The van der Waals surface area contributed by atoms with Crippen molar-refractivity contribution in [2.24, 2.45) is 11.8 Å². The maximum atomic E-state index is 13.4. The SMILES string of the molecule is N#C[C@H](COCc1ccccc1)NC(=O)C(CC(=O)Nc1ccc(-c2nc3ccc(Cl)cc3[nH]2)cc1)CC1CCCCC1. The maximum absolute atomic E-state index is 13.4. The fourth-order valence-electron chi connectivity index (χ4n) is 5.64. The van der Waals surface area contributed by atoms with Crippen LogP contribution in [0.1, 0.15) is 50.5 Å². The van der Waals surface area contributed by atoms with Crippen LogP contribution in [0.15, 0.2) is 72.8 Å². The van der Waals surface area contributed by atoms with Crippen molar-refractivity contribution in [1.29, 1.82) is 5.26 Å². The van der Waals surface area contributed by atoms with Crippen molar-refractivity contribution in [3.8, 4) is 17.5 Å². The van der Waals surface area contributed by atoms with Gasteiger partial charge >= 0.3 is 0 Å². The zero-order chi connectivity index (χ0) is 30.0. The van der Waals surface area contributed by atoms with Gasteiger partial charge in [0, 0.05) is 28.6 Å². The number of H-pyrrole nitrogens is 1. The average Bonchev–Trinajstić information content (AvgIpc) is 3.45. The van der Waals surface area contributed by atoms with E-state index < -0.39 is 12.0 Å². The van der Waals surface area contributed by atoms with Gasteiger partial charge in [0.1, 0.15) is 11.9 Å². The Morgan fingerprint density at radius 2 is 1.81 bits per heavy atom. The van der Waals surface area contributed by atoms with E-state index in [1.54, 1.807) is 6.07 Å². The number of fused-ring (bicyclic) bond motifs is 1. The Balaban J connectivity index is 1.19. The lowest BCUT2D eigenvalue weighted by Gasteiger charge is -2.26. The molecule has 0 bridgehead atoms. The summed E-state index contributed by atoms with van der Waals surface area (Å²) in [4.78, 5) is 34.4. The number of halogens is 1. The molecule has 8 nitrogen and oxygen atoms in total. The summed E-state index contributed by atoms with van der Waals surface area (Å²) in [6.45, 7) is 0.427. The fraction of sp³-hybridized carbons (Fsp3) is 0.353. The first-order valence-corrected chi connectivity index (χ1v) is 15.2. The monoisotopic (exact) mass is 597 g/mol. The molecule has 2 atom stereocenters. The first kappa shape index (κ1) is 30.3. The van der Waals surface area contributed by atoms with E-state index in [9.17, 15) is 14.9 Å². The molecule has 2 amide bonds. The smallest absolute Gasteiger partial charge is 0.225 e. The highest BCUT2D eigenvalue weighted by Crippen LogP contribution is 2.31. The van der Waals surface area contributed by atoms with Crippen molar-refractivity contribution in [2.45, 2.75) is 57.6 Å². The van der Waals surface area contributed by atoms with E-state index in [0.717, 1.165) is 47.8 Å². The maximum Gasteiger partial charge on any atom is 0.225 e. The van der Waals surface area contributed by atoms with Crippen LogP contribution in [-0.2, 0) is 20.9 Å². The minimum absolute atomic E-state index is 0.0391. The Bertz CT molecular complexity index is 1560. The number of imidazole rings is 1. The van der Waals surface area contributed by atoms with Crippen molar-refractivity contribution < 1.29 is 14.3 Å². The third kappa shape index (κ3) is 8.66. The number of nitriles is 1. The second kappa shape index (κ2) is 14.8. The molecule has 0 aliphatic heterocycles. The van der Waals surface area contributed by atoms with Gasteiger partial charge in [-0.15, -0.1) is 0 Å². The van der Waals surface area contributed by atoms with E-state index >= 15 is 0 Å². The molecule has 222 valence electrons. The second-order valence-corrected chi connectivity index (χ2v) is 11.6. The predicted molar refractivity (Wildman–Crippen MR) is 168 cm³/mol. The summed E-state index contributed by atoms with van der Waals surface area (Å²) in [5.41, 5.74) is 4.17. The Hall–Kier alpha value is -4.19. The highest BCUT2D eigenvalue weighted by molar-refractivity contribution is 6.31. The van der Waals surface area contributed by atoms with E-state index in [2.05, 4.69) is 26.7 Å². The van der Waals surface area contributed by atoms with Crippen LogP contribution >= 0.6 is 11.6 Å². The van der Waals surface area contributed by atoms with Crippen LogP contribution in [0.3, 0.4) is 0 Å². The van der Waals surface area contributed by atoms with Crippen LogP contribution in [-0.4, -0.2) is 34.4 Å². The van der Waals surface area contributed by atoms with Gasteiger partial charge in [0.05, 0.1) is 30.3 Å². The van der Waals surface area contributed by atoms with Crippen molar-refractivity contribution in [3.05, 3.63) is 83.4 Å². The van der Waals surface area contributed by atoms with Crippen LogP contribution in [0, 0.1) is 23.2 Å². The molecular formula is C34H36ClN5O3. The molecule has 43 heavy (non-hydrogen) atoms. The van der Waals surface area contributed by atoms with E-state index in [0.29, 0.717) is 35.5 Å². The number of benzene rings is 3. The van der Waals surface area contributed by atoms with E-state index in [1.165, 1.54) is 6.42 Å². The van der Waals surface area contributed by atoms with Crippen molar-refractivity contribution >= 4 is 40.1 Å². The molecule has 1 aliphatic carbocycles. The molecule has 1 aromatic heterocycles. The number of aromatic nitrogens is 2. The van der Waals surface area contributed by atoms with Gasteiger partial charge in [0.2, 0.25) is 11.8 Å². The zero-order valence-corrected chi connectivity index (χ0v) is 24.8.